The molecule has 0 aliphatic rings. The molecule has 0 amide bonds. The van der Waals surface area contributed by atoms with Crippen LogP contribution in [0.3, 0.4) is 0 Å². The van der Waals surface area contributed by atoms with Gasteiger partial charge in [-0.15, -0.1) is 0 Å². The minimum Gasteiger partial charge on any atom is -0.381 e. The summed E-state index contributed by atoms with van der Waals surface area (Å²) in [7, 11) is 4.07. The van der Waals surface area contributed by atoms with E-state index in [1.165, 1.54) is 28.9 Å². The number of benzene rings is 3. The van der Waals surface area contributed by atoms with Crippen LogP contribution in [0.2, 0.25) is 0 Å². The van der Waals surface area contributed by atoms with Gasteiger partial charge in [-0.3, -0.25) is 0 Å². The predicted molar refractivity (Wildman–Crippen MR) is 99.9 cm³/mol. The smallest absolute Gasteiger partial charge is 0.125 e. The first-order valence-electron chi connectivity index (χ1n) is 7.98. The minimum absolute atomic E-state index is 0.227. The van der Waals surface area contributed by atoms with Crippen molar-refractivity contribution in [1.82, 2.24) is 0 Å². The van der Waals surface area contributed by atoms with Crippen LogP contribution in [0.15, 0.2) is 72.8 Å². The Kier molecular flexibility index (Phi) is 4.80. The van der Waals surface area contributed by atoms with Gasteiger partial charge in [0.2, 0.25) is 0 Å². The maximum Gasteiger partial charge on any atom is 0.125 e. The Morgan fingerprint density at radius 2 is 1.58 bits per heavy atom. The summed E-state index contributed by atoms with van der Waals surface area (Å²) < 4.78 is 13.2. The number of nitrogens with one attached hydrogen (secondary N) is 1. The van der Waals surface area contributed by atoms with E-state index in [0.717, 1.165) is 11.3 Å². The molecule has 0 saturated heterocycles. The molecule has 2 nitrogen and oxygen atoms in total. The van der Waals surface area contributed by atoms with Crippen molar-refractivity contribution in [3.05, 3.63) is 84.2 Å². The third kappa shape index (κ3) is 3.93. The van der Waals surface area contributed by atoms with E-state index in [0.29, 0.717) is 6.54 Å². The largest absolute Gasteiger partial charge is 0.381 e. The third-order valence-corrected chi connectivity index (χ3v) is 3.97. The summed E-state index contributed by atoms with van der Waals surface area (Å²) >= 11 is 0. The zero-order chi connectivity index (χ0) is 16.9. The van der Waals surface area contributed by atoms with Crippen LogP contribution in [0.5, 0.6) is 0 Å². The van der Waals surface area contributed by atoms with E-state index >= 15 is 0 Å². The second kappa shape index (κ2) is 7.18. The number of halogens is 1. The Balaban J connectivity index is 1.74. The van der Waals surface area contributed by atoms with Gasteiger partial charge < -0.3 is 10.2 Å². The normalized spacial score (nSPS) is 10.5. The molecule has 3 rings (SSSR count). The summed E-state index contributed by atoms with van der Waals surface area (Å²) in [6.45, 7) is 0.660. The van der Waals surface area contributed by atoms with Gasteiger partial charge in [-0.1, -0.05) is 36.4 Å². The lowest BCUT2D eigenvalue weighted by Gasteiger charge is -2.13. The lowest BCUT2D eigenvalue weighted by atomic mass is 10.0. The van der Waals surface area contributed by atoms with E-state index in [2.05, 4.69) is 58.7 Å². The van der Waals surface area contributed by atoms with Gasteiger partial charge in [0.05, 0.1) is 0 Å². The number of hydrogen-bond acceptors (Lipinski definition) is 2. The van der Waals surface area contributed by atoms with Crippen molar-refractivity contribution < 1.29 is 4.39 Å². The van der Waals surface area contributed by atoms with Crippen LogP contribution in [-0.2, 0) is 6.54 Å². The molecule has 24 heavy (non-hydrogen) atoms. The highest BCUT2D eigenvalue weighted by atomic mass is 19.1. The molecule has 3 heteroatoms. The van der Waals surface area contributed by atoms with Gasteiger partial charge in [-0.2, -0.15) is 0 Å². The summed E-state index contributed by atoms with van der Waals surface area (Å²) in [5.41, 5.74) is 5.50. The van der Waals surface area contributed by atoms with Crippen molar-refractivity contribution in [2.75, 3.05) is 24.3 Å². The van der Waals surface area contributed by atoms with Crippen molar-refractivity contribution in [3.8, 4) is 11.1 Å². The maximum atomic E-state index is 13.2. The molecule has 1 N–H and O–H groups in total. The average molecular weight is 320 g/mol. The molecular formula is C21H21FN2. The maximum absolute atomic E-state index is 13.2. The third-order valence-electron chi connectivity index (χ3n) is 3.97. The lowest BCUT2D eigenvalue weighted by molar-refractivity contribution is 0.628. The van der Waals surface area contributed by atoms with Gasteiger partial charge in [-0.05, 0) is 53.1 Å². The number of hydrogen-bond donors (Lipinski definition) is 1. The van der Waals surface area contributed by atoms with Crippen LogP contribution in [0, 0.1) is 5.82 Å². The van der Waals surface area contributed by atoms with Gasteiger partial charge >= 0.3 is 0 Å². The first-order chi connectivity index (χ1) is 11.6. The van der Waals surface area contributed by atoms with Crippen molar-refractivity contribution in [2.45, 2.75) is 6.54 Å². The van der Waals surface area contributed by atoms with E-state index in [9.17, 15) is 4.39 Å². The monoisotopic (exact) mass is 320 g/mol. The van der Waals surface area contributed by atoms with E-state index in [-0.39, 0.29) is 5.82 Å². The molecule has 0 fully saturated rings. The van der Waals surface area contributed by atoms with E-state index in [1.54, 1.807) is 6.07 Å². The van der Waals surface area contributed by atoms with Crippen molar-refractivity contribution >= 4 is 11.4 Å². The van der Waals surface area contributed by atoms with E-state index in [1.807, 2.05) is 20.2 Å². The zero-order valence-corrected chi connectivity index (χ0v) is 14.0. The molecular weight excluding hydrogens is 299 g/mol. The topological polar surface area (TPSA) is 15.3 Å². The van der Waals surface area contributed by atoms with Gasteiger partial charge in [0.1, 0.15) is 5.82 Å². The Morgan fingerprint density at radius 3 is 2.29 bits per heavy atom. The quantitative estimate of drug-likeness (QED) is 0.697. The Bertz CT molecular complexity index is 810. The first kappa shape index (κ1) is 16.1. The summed E-state index contributed by atoms with van der Waals surface area (Å²) in [6.07, 6.45) is 0. The second-order valence-electron chi connectivity index (χ2n) is 6.01. The predicted octanol–water partition coefficient (Wildman–Crippen LogP) is 5.17. The Labute approximate surface area is 142 Å². The van der Waals surface area contributed by atoms with Crippen molar-refractivity contribution in [2.24, 2.45) is 0 Å². The Morgan fingerprint density at radius 1 is 0.833 bits per heavy atom. The van der Waals surface area contributed by atoms with Crippen LogP contribution in [0.4, 0.5) is 15.8 Å². The molecule has 0 spiro atoms. The number of anilines is 2. The molecule has 0 bridgehead atoms. The summed E-state index contributed by atoms with van der Waals surface area (Å²) in [6, 6.07) is 23.4. The molecule has 0 aliphatic heterocycles. The molecule has 0 saturated carbocycles. The lowest BCUT2D eigenvalue weighted by Crippen LogP contribution is -2.07. The summed E-state index contributed by atoms with van der Waals surface area (Å²) in [5.74, 6) is -0.227. The number of nitrogens with zero attached hydrogens (tertiary/aromatic N) is 1. The molecule has 122 valence electrons. The zero-order valence-electron chi connectivity index (χ0n) is 14.0. The molecule has 0 atom stereocenters. The first-order valence-corrected chi connectivity index (χ1v) is 7.98. The highest BCUT2D eigenvalue weighted by molar-refractivity contribution is 5.67. The highest BCUT2D eigenvalue weighted by Crippen LogP contribution is 2.23. The standard InChI is InChI=1S/C21H21FN2/c1-24(2)21-11-9-17(10-12-21)18-6-3-5-16(13-18)15-23-20-8-4-7-19(22)14-20/h3-14,23H,15H2,1-2H3. The van der Waals surface area contributed by atoms with E-state index < -0.39 is 0 Å². The summed E-state index contributed by atoms with van der Waals surface area (Å²) in [5, 5.41) is 3.26. The van der Waals surface area contributed by atoms with Crippen LogP contribution in [0.1, 0.15) is 5.56 Å². The van der Waals surface area contributed by atoms with Gasteiger partial charge in [0.15, 0.2) is 0 Å². The van der Waals surface area contributed by atoms with Crippen LogP contribution in [-0.4, -0.2) is 14.1 Å². The van der Waals surface area contributed by atoms with Crippen LogP contribution >= 0.6 is 0 Å². The minimum atomic E-state index is -0.227. The molecule has 0 unspecified atom stereocenters. The molecule has 0 heterocycles. The molecule has 0 aromatic heterocycles. The number of rotatable bonds is 5. The second-order valence-corrected chi connectivity index (χ2v) is 6.01. The average Bonchev–Trinajstić information content (AvgIpc) is 2.60. The molecule has 3 aromatic rings. The van der Waals surface area contributed by atoms with Crippen LogP contribution < -0.4 is 10.2 Å². The van der Waals surface area contributed by atoms with E-state index in [4.69, 9.17) is 0 Å². The van der Waals surface area contributed by atoms with Crippen molar-refractivity contribution in [1.29, 1.82) is 0 Å². The van der Waals surface area contributed by atoms with Crippen LogP contribution in [0.25, 0.3) is 11.1 Å². The fourth-order valence-corrected chi connectivity index (χ4v) is 2.62. The molecule has 3 aromatic carbocycles. The van der Waals surface area contributed by atoms with Gasteiger partial charge in [-0.25, -0.2) is 4.39 Å². The fraction of sp³-hybridized carbons (Fsp3) is 0.143. The van der Waals surface area contributed by atoms with Gasteiger partial charge in [0, 0.05) is 32.0 Å². The molecule has 0 radical (unpaired) electrons. The van der Waals surface area contributed by atoms with Gasteiger partial charge in [0.25, 0.3) is 0 Å². The van der Waals surface area contributed by atoms with Crippen molar-refractivity contribution in [3.63, 3.8) is 0 Å². The Hall–Kier alpha value is -2.81. The highest BCUT2D eigenvalue weighted by Gasteiger charge is 2.02. The molecule has 0 aliphatic carbocycles. The summed E-state index contributed by atoms with van der Waals surface area (Å²) in [4.78, 5) is 2.09. The fourth-order valence-electron chi connectivity index (χ4n) is 2.62. The SMILES string of the molecule is CN(C)c1ccc(-c2cccc(CNc3cccc(F)c3)c2)cc1.